The number of carbonyl (C=O) groups excluding carboxylic acids is 2. The van der Waals surface area contributed by atoms with Crippen molar-refractivity contribution in [3.8, 4) is 0 Å². The van der Waals surface area contributed by atoms with Crippen molar-refractivity contribution in [1.29, 1.82) is 0 Å². The summed E-state index contributed by atoms with van der Waals surface area (Å²) >= 11 is 0. The minimum absolute atomic E-state index is 0.0347. The number of imide groups is 1. The Bertz CT molecular complexity index is 589. The Labute approximate surface area is 132 Å². The number of hydrogen-bond acceptors (Lipinski definition) is 3. The highest BCUT2D eigenvalue weighted by Gasteiger charge is 2.51. The van der Waals surface area contributed by atoms with Crippen LogP contribution >= 0.6 is 0 Å². The number of fused-ring (bicyclic) bond motifs is 2. The first kappa shape index (κ1) is 15.2. The van der Waals surface area contributed by atoms with Crippen molar-refractivity contribution < 1.29 is 9.59 Å². The summed E-state index contributed by atoms with van der Waals surface area (Å²) in [5, 5.41) is 0. The van der Waals surface area contributed by atoms with Gasteiger partial charge in [-0.1, -0.05) is 31.0 Å². The zero-order chi connectivity index (χ0) is 15.7. The van der Waals surface area contributed by atoms with Crippen LogP contribution in [0.25, 0.3) is 0 Å². The Morgan fingerprint density at radius 2 is 1.82 bits per heavy atom. The van der Waals surface area contributed by atoms with Gasteiger partial charge in [0.05, 0.1) is 5.41 Å². The van der Waals surface area contributed by atoms with Gasteiger partial charge in [-0.05, 0) is 51.5 Å². The van der Waals surface area contributed by atoms with Crippen LogP contribution in [-0.2, 0) is 10.2 Å². The second-order valence-electron chi connectivity index (χ2n) is 6.75. The molecule has 3 rings (SSSR count). The molecule has 0 aromatic heterocycles. The number of rotatable bonds is 4. The Balaban J connectivity index is 1.94. The van der Waals surface area contributed by atoms with Gasteiger partial charge in [-0.2, -0.15) is 0 Å². The van der Waals surface area contributed by atoms with E-state index in [4.69, 9.17) is 0 Å². The molecule has 1 spiro atoms. The van der Waals surface area contributed by atoms with Crippen molar-refractivity contribution in [3.05, 3.63) is 35.4 Å². The molecule has 1 aromatic carbocycles. The van der Waals surface area contributed by atoms with Crippen molar-refractivity contribution in [2.24, 2.45) is 0 Å². The Morgan fingerprint density at radius 3 is 2.50 bits per heavy atom. The van der Waals surface area contributed by atoms with Crippen LogP contribution in [-0.4, -0.2) is 48.8 Å². The molecule has 0 atom stereocenters. The lowest BCUT2D eigenvalue weighted by Crippen LogP contribution is -2.53. The van der Waals surface area contributed by atoms with Gasteiger partial charge in [-0.15, -0.1) is 0 Å². The monoisotopic (exact) mass is 300 g/mol. The molecule has 0 N–H and O–H groups in total. The molecule has 22 heavy (non-hydrogen) atoms. The summed E-state index contributed by atoms with van der Waals surface area (Å²) in [4.78, 5) is 29.4. The maximum atomic E-state index is 13.1. The molecule has 0 radical (unpaired) electrons. The molecule has 1 saturated carbocycles. The van der Waals surface area contributed by atoms with Crippen molar-refractivity contribution in [2.75, 3.05) is 27.2 Å². The average Bonchev–Trinajstić information content (AvgIpc) is 2.99. The van der Waals surface area contributed by atoms with Gasteiger partial charge in [0, 0.05) is 12.1 Å². The number of benzene rings is 1. The van der Waals surface area contributed by atoms with Crippen LogP contribution in [0.15, 0.2) is 24.3 Å². The zero-order valence-electron chi connectivity index (χ0n) is 13.5. The second kappa shape index (κ2) is 5.84. The number of amides is 2. The van der Waals surface area contributed by atoms with E-state index in [1.54, 1.807) is 0 Å². The third kappa shape index (κ3) is 2.35. The van der Waals surface area contributed by atoms with Crippen LogP contribution in [0, 0.1) is 0 Å². The molecular weight excluding hydrogens is 276 g/mol. The summed E-state index contributed by atoms with van der Waals surface area (Å²) in [7, 11) is 4.02. The van der Waals surface area contributed by atoms with Crippen molar-refractivity contribution in [1.82, 2.24) is 9.80 Å². The lowest BCUT2D eigenvalue weighted by atomic mass is 9.72. The zero-order valence-corrected chi connectivity index (χ0v) is 13.5. The number of hydrogen-bond donors (Lipinski definition) is 0. The van der Waals surface area contributed by atoms with Crippen molar-refractivity contribution in [2.45, 2.75) is 37.5 Å². The van der Waals surface area contributed by atoms with Crippen LogP contribution < -0.4 is 0 Å². The van der Waals surface area contributed by atoms with E-state index in [1.165, 1.54) is 4.90 Å². The van der Waals surface area contributed by atoms with E-state index in [0.29, 0.717) is 6.54 Å². The maximum Gasteiger partial charge on any atom is 0.260 e. The first-order valence-electron chi connectivity index (χ1n) is 8.17. The van der Waals surface area contributed by atoms with Gasteiger partial charge in [-0.25, -0.2) is 0 Å². The van der Waals surface area contributed by atoms with Crippen molar-refractivity contribution in [3.63, 3.8) is 0 Å². The van der Waals surface area contributed by atoms with Crippen LogP contribution in [0.4, 0.5) is 0 Å². The average molecular weight is 300 g/mol. The quantitative estimate of drug-likeness (QED) is 0.802. The molecule has 0 saturated heterocycles. The van der Waals surface area contributed by atoms with E-state index in [1.807, 2.05) is 38.4 Å². The van der Waals surface area contributed by atoms with Gasteiger partial charge in [0.1, 0.15) is 0 Å². The maximum absolute atomic E-state index is 13.1. The smallest absolute Gasteiger partial charge is 0.260 e. The molecule has 2 aliphatic rings. The molecule has 0 bridgehead atoms. The Kier molecular flexibility index (Phi) is 4.04. The Morgan fingerprint density at radius 1 is 1.14 bits per heavy atom. The fourth-order valence-corrected chi connectivity index (χ4v) is 3.91. The second-order valence-corrected chi connectivity index (χ2v) is 6.75. The molecular formula is C18H24N2O2. The summed E-state index contributed by atoms with van der Waals surface area (Å²) in [5.41, 5.74) is 1.25. The first-order chi connectivity index (χ1) is 10.6. The van der Waals surface area contributed by atoms with E-state index < -0.39 is 5.41 Å². The fraction of sp³-hybridized carbons (Fsp3) is 0.556. The standard InChI is InChI=1S/C18H24N2O2/c1-19(2)12-7-13-20-16(21)14-8-3-4-9-15(14)18(17(20)22)10-5-6-11-18/h3-4,8-9H,5-7,10-13H2,1-2H3. The molecule has 1 aliphatic heterocycles. The molecule has 4 nitrogen and oxygen atoms in total. The first-order valence-corrected chi connectivity index (χ1v) is 8.17. The summed E-state index contributed by atoms with van der Waals surface area (Å²) in [6.07, 6.45) is 4.71. The van der Waals surface area contributed by atoms with E-state index >= 15 is 0 Å². The summed E-state index contributed by atoms with van der Waals surface area (Å²) in [6.45, 7) is 1.40. The minimum Gasteiger partial charge on any atom is -0.309 e. The van der Waals surface area contributed by atoms with Gasteiger partial charge >= 0.3 is 0 Å². The van der Waals surface area contributed by atoms with Gasteiger partial charge in [-0.3, -0.25) is 14.5 Å². The molecule has 1 aromatic rings. The molecule has 2 amide bonds. The SMILES string of the molecule is CN(C)CCCN1C(=O)c2ccccc2C2(CCCC2)C1=O. The third-order valence-electron chi connectivity index (χ3n) is 5.02. The van der Waals surface area contributed by atoms with Crippen LogP contribution in [0.5, 0.6) is 0 Å². The topological polar surface area (TPSA) is 40.6 Å². The molecule has 118 valence electrons. The molecule has 1 aliphatic carbocycles. The highest BCUT2D eigenvalue weighted by molar-refractivity contribution is 6.13. The van der Waals surface area contributed by atoms with E-state index in [0.717, 1.165) is 49.8 Å². The predicted molar refractivity (Wildman–Crippen MR) is 85.8 cm³/mol. The van der Waals surface area contributed by atoms with Crippen LogP contribution in [0.3, 0.4) is 0 Å². The summed E-state index contributed by atoms with van der Waals surface area (Å²) in [5.74, 6) is -0.0793. The molecule has 1 fully saturated rings. The van der Waals surface area contributed by atoms with E-state index in [9.17, 15) is 9.59 Å². The normalized spacial score (nSPS) is 20.0. The highest BCUT2D eigenvalue weighted by atomic mass is 16.2. The van der Waals surface area contributed by atoms with Crippen molar-refractivity contribution >= 4 is 11.8 Å². The Hall–Kier alpha value is -1.68. The third-order valence-corrected chi connectivity index (χ3v) is 5.02. The molecule has 1 heterocycles. The molecule has 0 unspecified atom stereocenters. The minimum atomic E-state index is -0.442. The predicted octanol–water partition coefficient (Wildman–Crippen LogP) is 2.43. The number of nitrogens with zero attached hydrogens (tertiary/aromatic N) is 2. The lowest BCUT2D eigenvalue weighted by molar-refractivity contribution is -0.135. The number of carbonyl (C=O) groups is 2. The van der Waals surface area contributed by atoms with E-state index in [-0.39, 0.29) is 11.8 Å². The van der Waals surface area contributed by atoms with Gasteiger partial charge < -0.3 is 4.90 Å². The molecule has 4 heteroatoms. The van der Waals surface area contributed by atoms with Crippen LogP contribution in [0.1, 0.15) is 48.0 Å². The summed E-state index contributed by atoms with van der Waals surface area (Å²) < 4.78 is 0. The summed E-state index contributed by atoms with van der Waals surface area (Å²) in [6, 6.07) is 7.70. The van der Waals surface area contributed by atoms with E-state index in [2.05, 4.69) is 4.90 Å². The van der Waals surface area contributed by atoms with Gasteiger partial charge in [0.25, 0.3) is 5.91 Å². The van der Waals surface area contributed by atoms with Gasteiger partial charge in [0.2, 0.25) is 5.91 Å². The largest absolute Gasteiger partial charge is 0.309 e. The van der Waals surface area contributed by atoms with Crippen LogP contribution in [0.2, 0.25) is 0 Å². The highest BCUT2D eigenvalue weighted by Crippen LogP contribution is 2.46. The lowest BCUT2D eigenvalue weighted by Gasteiger charge is -2.39. The van der Waals surface area contributed by atoms with Gasteiger partial charge in [0.15, 0.2) is 0 Å². The fourth-order valence-electron chi connectivity index (χ4n) is 3.91.